The van der Waals surface area contributed by atoms with E-state index in [0.717, 1.165) is 28.6 Å². The van der Waals surface area contributed by atoms with Crippen LogP contribution in [-0.2, 0) is 0 Å². The summed E-state index contributed by atoms with van der Waals surface area (Å²) in [5, 5.41) is 3.10. The zero-order valence-corrected chi connectivity index (χ0v) is 11.8. The molecule has 5 nitrogen and oxygen atoms in total. The first kappa shape index (κ1) is 12.8. The molecule has 2 heterocycles. The van der Waals surface area contributed by atoms with Crippen LogP contribution in [0.15, 0.2) is 24.5 Å². The summed E-state index contributed by atoms with van der Waals surface area (Å²) in [4.78, 5) is 13.4. The molecule has 0 bridgehead atoms. The Morgan fingerprint density at radius 1 is 1.25 bits per heavy atom. The number of nitrogens with one attached hydrogen (secondary N) is 1. The lowest BCUT2D eigenvalue weighted by Crippen LogP contribution is -2.01. The first-order valence-electron chi connectivity index (χ1n) is 6.95. The first-order valence-corrected chi connectivity index (χ1v) is 6.95. The van der Waals surface area contributed by atoms with E-state index in [9.17, 15) is 0 Å². The second-order valence-electron chi connectivity index (χ2n) is 4.86. The van der Waals surface area contributed by atoms with Gasteiger partial charge in [-0.15, -0.1) is 0 Å². The van der Waals surface area contributed by atoms with E-state index in [-0.39, 0.29) is 0 Å². The van der Waals surface area contributed by atoms with Crippen molar-refractivity contribution in [3.05, 3.63) is 30.4 Å². The van der Waals surface area contributed by atoms with Gasteiger partial charge in [-0.25, -0.2) is 9.97 Å². The maximum atomic E-state index is 5.49. The lowest BCUT2D eigenvalue weighted by molar-refractivity contribution is 0.339. The van der Waals surface area contributed by atoms with E-state index < -0.39 is 0 Å². The molecule has 0 radical (unpaired) electrons. The van der Waals surface area contributed by atoms with Crippen LogP contribution in [0.4, 0.5) is 5.82 Å². The molecule has 0 atom stereocenters. The average molecular weight is 270 g/mol. The van der Waals surface area contributed by atoms with Gasteiger partial charge in [0.25, 0.3) is 0 Å². The van der Waals surface area contributed by atoms with Crippen molar-refractivity contribution in [1.82, 2.24) is 15.0 Å². The molecule has 1 saturated carbocycles. The Hall–Kier alpha value is -2.17. The summed E-state index contributed by atoms with van der Waals surface area (Å²) in [6, 6.07) is 3.91. The highest BCUT2D eigenvalue weighted by atomic mass is 16.5. The molecule has 1 N–H and O–H groups in total. The molecule has 1 fully saturated rings. The van der Waals surface area contributed by atoms with E-state index in [4.69, 9.17) is 4.74 Å². The Morgan fingerprint density at radius 2 is 2.10 bits per heavy atom. The predicted octanol–water partition coefficient (Wildman–Crippen LogP) is 2.86. The highest BCUT2D eigenvalue weighted by Crippen LogP contribution is 2.39. The number of hydrogen-bond donors (Lipinski definition) is 1. The lowest BCUT2D eigenvalue weighted by Gasteiger charge is -2.08. The van der Waals surface area contributed by atoms with Gasteiger partial charge in [-0.1, -0.05) is 0 Å². The zero-order chi connectivity index (χ0) is 13.9. The largest absolute Gasteiger partial charge is 0.492 e. The smallest absolute Gasteiger partial charge is 0.138 e. The van der Waals surface area contributed by atoms with Crippen LogP contribution in [0.25, 0.3) is 11.3 Å². The molecule has 3 rings (SSSR count). The third kappa shape index (κ3) is 2.71. The average Bonchev–Trinajstić information content (AvgIpc) is 3.32. The maximum absolute atomic E-state index is 5.49. The summed E-state index contributed by atoms with van der Waals surface area (Å²) < 4.78 is 5.49. The molecule has 20 heavy (non-hydrogen) atoms. The number of rotatable bonds is 5. The summed E-state index contributed by atoms with van der Waals surface area (Å²) in [6.45, 7) is 2.59. The SMILES string of the molecule is CCOc1cncc(-c2cc(NC)nc(C3CC3)n2)c1. The number of anilines is 1. The lowest BCUT2D eigenvalue weighted by atomic mass is 10.2. The Bertz CT molecular complexity index is 611. The third-order valence-electron chi connectivity index (χ3n) is 3.26. The van der Waals surface area contributed by atoms with Crippen molar-refractivity contribution < 1.29 is 4.74 Å². The van der Waals surface area contributed by atoms with E-state index in [0.29, 0.717) is 12.5 Å². The molecule has 5 heteroatoms. The van der Waals surface area contributed by atoms with Gasteiger partial charge in [0.1, 0.15) is 17.4 Å². The Balaban J connectivity index is 1.99. The molecular weight excluding hydrogens is 252 g/mol. The Labute approximate surface area is 118 Å². The van der Waals surface area contributed by atoms with Crippen molar-refractivity contribution in [2.75, 3.05) is 19.0 Å². The molecule has 2 aromatic rings. The predicted molar refractivity (Wildman–Crippen MR) is 78.0 cm³/mol. The molecule has 0 unspecified atom stereocenters. The van der Waals surface area contributed by atoms with Crippen molar-refractivity contribution in [2.24, 2.45) is 0 Å². The molecule has 0 aliphatic heterocycles. The second kappa shape index (κ2) is 5.45. The molecule has 104 valence electrons. The molecular formula is C15H18N4O. The number of pyridine rings is 1. The van der Waals surface area contributed by atoms with Crippen LogP contribution in [0.3, 0.4) is 0 Å². The van der Waals surface area contributed by atoms with Gasteiger partial charge in [-0.05, 0) is 25.8 Å². The number of ether oxygens (including phenoxy) is 1. The topological polar surface area (TPSA) is 59.9 Å². The van der Waals surface area contributed by atoms with Gasteiger partial charge in [-0.2, -0.15) is 0 Å². The fraction of sp³-hybridized carbons (Fsp3) is 0.400. The monoisotopic (exact) mass is 270 g/mol. The van der Waals surface area contributed by atoms with E-state index in [1.165, 1.54) is 12.8 Å². The third-order valence-corrected chi connectivity index (χ3v) is 3.26. The molecule has 1 aliphatic carbocycles. The van der Waals surface area contributed by atoms with Crippen LogP contribution in [-0.4, -0.2) is 28.6 Å². The van der Waals surface area contributed by atoms with Crippen LogP contribution in [0.1, 0.15) is 31.5 Å². The van der Waals surface area contributed by atoms with Crippen molar-refractivity contribution >= 4 is 5.82 Å². The zero-order valence-electron chi connectivity index (χ0n) is 11.8. The summed E-state index contributed by atoms with van der Waals surface area (Å²) in [5.41, 5.74) is 1.84. The second-order valence-corrected chi connectivity index (χ2v) is 4.86. The molecule has 0 spiro atoms. The van der Waals surface area contributed by atoms with Gasteiger partial charge < -0.3 is 10.1 Å². The normalized spacial score (nSPS) is 14.1. The van der Waals surface area contributed by atoms with Gasteiger partial charge in [0.05, 0.1) is 18.5 Å². The fourth-order valence-electron chi connectivity index (χ4n) is 2.07. The van der Waals surface area contributed by atoms with Crippen LogP contribution in [0.5, 0.6) is 5.75 Å². The molecule has 0 saturated heterocycles. The fourth-order valence-corrected chi connectivity index (χ4v) is 2.07. The van der Waals surface area contributed by atoms with E-state index >= 15 is 0 Å². The highest BCUT2D eigenvalue weighted by Gasteiger charge is 2.27. The maximum Gasteiger partial charge on any atom is 0.138 e. The Kier molecular flexibility index (Phi) is 3.50. The summed E-state index contributed by atoms with van der Waals surface area (Å²) in [6.07, 6.45) is 5.89. The van der Waals surface area contributed by atoms with Crippen molar-refractivity contribution in [2.45, 2.75) is 25.7 Å². The van der Waals surface area contributed by atoms with E-state index in [1.54, 1.807) is 12.4 Å². The Morgan fingerprint density at radius 3 is 2.80 bits per heavy atom. The van der Waals surface area contributed by atoms with Crippen molar-refractivity contribution in [1.29, 1.82) is 0 Å². The summed E-state index contributed by atoms with van der Waals surface area (Å²) in [7, 11) is 1.87. The number of aromatic nitrogens is 3. The minimum Gasteiger partial charge on any atom is -0.492 e. The van der Waals surface area contributed by atoms with E-state index in [1.807, 2.05) is 26.1 Å². The minimum atomic E-state index is 0.519. The summed E-state index contributed by atoms with van der Waals surface area (Å²) in [5.74, 6) is 3.06. The molecule has 1 aliphatic rings. The number of nitrogens with zero attached hydrogens (tertiary/aromatic N) is 3. The molecule has 2 aromatic heterocycles. The summed E-state index contributed by atoms with van der Waals surface area (Å²) >= 11 is 0. The first-order chi connectivity index (χ1) is 9.80. The van der Waals surface area contributed by atoms with Crippen molar-refractivity contribution in [3.8, 4) is 17.0 Å². The van der Waals surface area contributed by atoms with Gasteiger partial charge in [0.2, 0.25) is 0 Å². The number of hydrogen-bond acceptors (Lipinski definition) is 5. The van der Waals surface area contributed by atoms with Gasteiger partial charge in [0, 0.05) is 30.8 Å². The van der Waals surface area contributed by atoms with Gasteiger partial charge in [0.15, 0.2) is 0 Å². The van der Waals surface area contributed by atoms with Crippen LogP contribution in [0, 0.1) is 0 Å². The minimum absolute atomic E-state index is 0.519. The van der Waals surface area contributed by atoms with Crippen molar-refractivity contribution in [3.63, 3.8) is 0 Å². The van der Waals surface area contributed by atoms with Gasteiger partial charge >= 0.3 is 0 Å². The van der Waals surface area contributed by atoms with Crippen LogP contribution in [0.2, 0.25) is 0 Å². The van der Waals surface area contributed by atoms with Gasteiger partial charge in [-0.3, -0.25) is 4.98 Å². The molecule has 0 aromatic carbocycles. The van der Waals surface area contributed by atoms with Crippen LogP contribution >= 0.6 is 0 Å². The standard InChI is InChI=1S/C15H18N4O/c1-3-20-12-6-11(8-17-9-12)13-7-14(16-2)19-15(18-13)10-4-5-10/h6-10H,3-5H2,1-2H3,(H,16,18,19). The molecule has 0 amide bonds. The van der Waals surface area contributed by atoms with E-state index in [2.05, 4.69) is 20.3 Å². The quantitative estimate of drug-likeness (QED) is 0.905. The van der Waals surface area contributed by atoms with Crippen LogP contribution < -0.4 is 10.1 Å². The highest BCUT2D eigenvalue weighted by molar-refractivity contribution is 5.63.